The summed E-state index contributed by atoms with van der Waals surface area (Å²) >= 11 is 0. The Kier molecular flexibility index (Phi) is 6.24. The summed E-state index contributed by atoms with van der Waals surface area (Å²) < 4.78 is 0. The van der Waals surface area contributed by atoms with Crippen molar-refractivity contribution >= 4 is 17.9 Å². The summed E-state index contributed by atoms with van der Waals surface area (Å²) in [6.45, 7) is 5.41. The SMILES string of the molecule is CN=C(NCCN(C)C1CCCC1)N1CCC(C2(C)NC(=O)NC2=O)CC1. The normalized spacial score (nSPS) is 28.0. The van der Waals surface area contributed by atoms with Crippen LogP contribution in [-0.2, 0) is 4.79 Å². The fraction of sp³-hybridized carbons (Fsp3) is 0.842. The zero-order valence-electron chi connectivity index (χ0n) is 16.9. The Morgan fingerprint density at radius 1 is 1.26 bits per heavy atom. The Morgan fingerprint density at radius 2 is 1.93 bits per heavy atom. The number of amides is 3. The maximum Gasteiger partial charge on any atom is 0.322 e. The molecule has 3 rings (SSSR count). The lowest BCUT2D eigenvalue weighted by atomic mass is 9.79. The molecule has 0 radical (unpaired) electrons. The van der Waals surface area contributed by atoms with E-state index in [0.717, 1.165) is 51.0 Å². The highest BCUT2D eigenvalue weighted by Gasteiger charge is 2.48. The number of aliphatic imine (C=N–C) groups is 1. The number of imide groups is 1. The lowest BCUT2D eigenvalue weighted by Gasteiger charge is -2.39. The first-order valence-corrected chi connectivity index (χ1v) is 10.2. The second kappa shape index (κ2) is 8.46. The number of likely N-dealkylation sites (tertiary alicyclic amines) is 1. The third-order valence-electron chi connectivity index (χ3n) is 6.59. The molecule has 2 heterocycles. The van der Waals surface area contributed by atoms with E-state index in [-0.39, 0.29) is 17.9 Å². The Balaban J connectivity index is 1.44. The van der Waals surface area contributed by atoms with Crippen molar-refractivity contribution in [1.29, 1.82) is 0 Å². The van der Waals surface area contributed by atoms with Crippen LogP contribution >= 0.6 is 0 Å². The molecule has 1 saturated carbocycles. The fourth-order valence-electron chi connectivity index (χ4n) is 4.72. The topological polar surface area (TPSA) is 89.1 Å². The summed E-state index contributed by atoms with van der Waals surface area (Å²) in [5.74, 6) is 0.869. The van der Waals surface area contributed by atoms with Crippen LogP contribution in [0.15, 0.2) is 4.99 Å². The van der Waals surface area contributed by atoms with E-state index in [1.807, 2.05) is 14.0 Å². The molecule has 3 N–H and O–H groups in total. The van der Waals surface area contributed by atoms with Crippen LogP contribution in [0.25, 0.3) is 0 Å². The molecule has 152 valence electrons. The van der Waals surface area contributed by atoms with E-state index in [0.29, 0.717) is 0 Å². The summed E-state index contributed by atoms with van der Waals surface area (Å²) in [6.07, 6.45) is 7.07. The molecule has 0 aromatic carbocycles. The number of carbonyl (C=O) groups excluding carboxylic acids is 2. The average Bonchev–Trinajstić information content (AvgIpc) is 3.28. The number of guanidine groups is 1. The number of hydrogen-bond donors (Lipinski definition) is 3. The Bertz CT molecular complexity index is 581. The molecule has 8 nitrogen and oxygen atoms in total. The van der Waals surface area contributed by atoms with E-state index in [1.54, 1.807) is 0 Å². The standard InChI is InChI=1S/C19H34N6O2/c1-19(16(26)22-18(27)23-19)14-8-11-25(12-9-14)17(20-2)21-10-13-24(3)15-6-4-5-7-15/h14-15H,4-13H2,1-3H3,(H,20,21)(H2,22,23,26,27). The molecule has 3 amide bonds. The molecular formula is C19H34N6O2. The fourth-order valence-corrected chi connectivity index (χ4v) is 4.72. The smallest absolute Gasteiger partial charge is 0.322 e. The first-order chi connectivity index (χ1) is 12.9. The Labute approximate surface area is 162 Å². The highest BCUT2D eigenvalue weighted by Crippen LogP contribution is 2.30. The van der Waals surface area contributed by atoms with Crippen molar-refractivity contribution in [3.63, 3.8) is 0 Å². The number of urea groups is 1. The Morgan fingerprint density at radius 3 is 2.48 bits per heavy atom. The van der Waals surface area contributed by atoms with Crippen LogP contribution in [0.3, 0.4) is 0 Å². The van der Waals surface area contributed by atoms with Crippen LogP contribution in [0.5, 0.6) is 0 Å². The molecule has 0 spiro atoms. The molecule has 2 aliphatic heterocycles. The van der Waals surface area contributed by atoms with Crippen molar-refractivity contribution in [3.8, 4) is 0 Å². The molecule has 1 aliphatic carbocycles. The summed E-state index contributed by atoms with van der Waals surface area (Å²) in [5.41, 5.74) is -0.788. The summed E-state index contributed by atoms with van der Waals surface area (Å²) in [7, 11) is 4.04. The number of carbonyl (C=O) groups is 2. The number of nitrogens with zero attached hydrogens (tertiary/aromatic N) is 3. The van der Waals surface area contributed by atoms with E-state index < -0.39 is 5.54 Å². The number of rotatable bonds is 5. The molecule has 27 heavy (non-hydrogen) atoms. The predicted molar refractivity (Wildman–Crippen MR) is 106 cm³/mol. The maximum atomic E-state index is 12.1. The molecular weight excluding hydrogens is 344 g/mol. The molecule has 0 aromatic heterocycles. The quantitative estimate of drug-likeness (QED) is 0.373. The van der Waals surface area contributed by atoms with Crippen molar-refractivity contribution in [2.75, 3.05) is 40.3 Å². The molecule has 0 bridgehead atoms. The van der Waals surface area contributed by atoms with Crippen molar-refractivity contribution in [2.45, 2.75) is 57.0 Å². The van der Waals surface area contributed by atoms with Crippen molar-refractivity contribution < 1.29 is 9.59 Å². The number of hydrogen-bond acceptors (Lipinski definition) is 4. The molecule has 3 aliphatic rings. The monoisotopic (exact) mass is 378 g/mol. The van der Waals surface area contributed by atoms with Gasteiger partial charge in [-0.25, -0.2) is 4.79 Å². The van der Waals surface area contributed by atoms with Gasteiger partial charge in [-0.05, 0) is 45.6 Å². The summed E-state index contributed by atoms with van der Waals surface area (Å²) in [6, 6.07) is 0.354. The molecule has 0 aromatic rings. The number of piperidine rings is 1. The summed E-state index contributed by atoms with van der Waals surface area (Å²) in [5, 5.41) is 8.67. The van der Waals surface area contributed by atoms with E-state index in [9.17, 15) is 9.59 Å². The Hall–Kier alpha value is -1.83. The van der Waals surface area contributed by atoms with Crippen LogP contribution in [0, 0.1) is 5.92 Å². The van der Waals surface area contributed by atoms with Crippen molar-refractivity contribution in [1.82, 2.24) is 25.8 Å². The van der Waals surface area contributed by atoms with Crippen LogP contribution in [0.1, 0.15) is 45.4 Å². The van der Waals surface area contributed by atoms with Crippen LogP contribution < -0.4 is 16.0 Å². The van der Waals surface area contributed by atoms with Gasteiger partial charge in [0.05, 0.1) is 0 Å². The van der Waals surface area contributed by atoms with Crippen LogP contribution in [0.4, 0.5) is 4.79 Å². The zero-order valence-corrected chi connectivity index (χ0v) is 16.9. The minimum absolute atomic E-state index is 0.145. The van der Waals surface area contributed by atoms with E-state index in [1.165, 1.54) is 25.7 Å². The highest BCUT2D eigenvalue weighted by atomic mass is 16.2. The van der Waals surface area contributed by atoms with Gasteiger partial charge in [0.15, 0.2) is 5.96 Å². The lowest BCUT2D eigenvalue weighted by molar-refractivity contribution is -0.125. The number of likely N-dealkylation sites (N-methyl/N-ethyl adjacent to an activating group) is 1. The van der Waals surface area contributed by atoms with Gasteiger partial charge in [0.1, 0.15) is 5.54 Å². The van der Waals surface area contributed by atoms with Gasteiger partial charge in [-0.2, -0.15) is 0 Å². The second-order valence-electron chi connectivity index (χ2n) is 8.26. The average molecular weight is 379 g/mol. The minimum atomic E-state index is -0.788. The molecule has 8 heteroatoms. The van der Waals surface area contributed by atoms with Gasteiger partial charge in [-0.3, -0.25) is 15.1 Å². The van der Waals surface area contributed by atoms with E-state index >= 15 is 0 Å². The largest absolute Gasteiger partial charge is 0.355 e. The van der Waals surface area contributed by atoms with Gasteiger partial charge >= 0.3 is 6.03 Å². The molecule has 1 atom stereocenters. The summed E-state index contributed by atoms with van der Waals surface area (Å²) in [4.78, 5) is 32.8. The highest BCUT2D eigenvalue weighted by molar-refractivity contribution is 6.07. The molecule has 3 fully saturated rings. The first-order valence-electron chi connectivity index (χ1n) is 10.2. The van der Waals surface area contributed by atoms with E-state index in [4.69, 9.17) is 0 Å². The van der Waals surface area contributed by atoms with Gasteiger partial charge in [0.25, 0.3) is 5.91 Å². The second-order valence-corrected chi connectivity index (χ2v) is 8.26. The van der Waals surface area contributed by atoms with E-state index in [2.05, 4.69) is 37.8 Å². The minimum Gasteiger partial charge on any atom is -0.355 e. The third kappa shape index (κ3) is 4.36. The van der Waals surface area contributed by atoms with Gasteiger partial charge in [0, 0.05) is 39.3 Å². The zero-order chi connectivity index (χ0) is 19.4. The third-order valence-corrected chi connectivity index (χ3v) is 6.59. The first kappa shape index (κ1) is 19.9. The molecule has 2 saturated heterocycles. The van der Waals surface area contributed by atoms with Gasteiger partial charge in [0.2, 0.25) is 0 Å². The van der Waals surface area contributed by atoms with Crippen molar-refractivity contribution in [2.24, 2.45) is 10.9 Å². The van der Waals surface area contributed by atoms with Gasteiger partial charge in [-0.1, -0.05) is 12.8 Å². The van der Waals surface area contributed by atoms with Crippen LogP contribution in [0.2, 0.25) is 0 Å². The predicted octanol–water partition coefficient (Wildman–Crippen LogP) is 0.746. The van der Waals surface area contributed by atoms with Gasteiger partial charge < -0.3 is 20.4 Å². The molecule has 1 unspecified atom stereocenters. The number of nitrogens with one attached hydrogen (secondary N) is 3. The van der Waals surface area contributed by atoms with Crippen molar-refractivity contribution in [3.05, 3.63) is 0 Å². The lowest BCUT2D eigenvalue weighted by Crippen LogP contribution is -2.55. The maximum absolute atomic E-state index is 12.1. The van der Waals surface area contributed by atoms with Gasteiger partial charge in [-0.15, -0.1) is 0 Å². The van der Waals surface area contributed by atoms with Crippen LogP contribution in [-0.4, -0.2) is 79.6 Å².